The molecule has 0 radical (unpaired) electrons. The van der Waals surface area contributed by atoms with Crippen molar-refractivity contribution < 1.29 is 8.91 Å². The molecule has 0 amide bonds. The number of nitrogens with zero attached hydrogens (tertiary/aromatic N) is 3. The Morgan fingerprint density at radius 2 is 1.62 bits per heavy atom. The lowest BCUT2D eigenvalue weighted by Crippen LogP contribution is -2.25. The van der Waals surface area contributed by atoms with Gasteiger partial charge in [-0.15, -0.1) is 0 Å². The number of hydrogen-bond donors (Lipinski definition) is 0. The standard InChI is InChI=1S/C27H36FN3O/c1-3-5-6-7-8-9-14-26-29-27(32-30-26)24-17-15-22(16-18-24)21-31(4-2)20-19-23-12-10-11-13-25(23)28/h10-13,15-18H,3-9,14,19-21H2,1-2H3. The smallest absolute Gasteiger partial charge is 0.257 e. The van der Waals surface area contributed by atoms with Gasteiger partial charge in [-0.2, -0.15) is 4.98 Å². The number of aromatic nitrogens is 2. The van der Waals surface area contributed by atoms with Crippen molar-refractivity contribution in [3.05, 3.63) is 71.3 Å². The fourth-order valence-corrected chi connectivity index (χ4v) is 3.88. The second-order valence-corrected chi connectivity index (χ2v) is 8.44. The van der Waals surface area contributed by atoms with Crippen LogP contribution in [0.15, 0.2) is 53.1 Å². The summed E-state index contributed by atoms with van der Waals surface area (Å²) in [4.78, 5) is 6.89. The second-order valence-electron chi connectivity index (χ2n) is 8.44. The lowest BCUT2D eigenvalue weighted by Gasteiger charge is -2.20. The van der Waals surface area contributed by atoms with Crippen LogP contribution < -0.4 is 0 Å². The first-order chi connectivity index (χ1) is 15.7. The molecule has 1 aromatic heterocycles. The van der Waals surface area contributed by atoms with E-state index in [2.05, 4.69) is 41.0 Å². The highest BCUT2D eigenvalue weighted by Gasteiger charge is 2.10. The van der Waals surface area contributed by atoms with Gasteiger partial charge in [0.15, 0.2) is 5.82 Å². The van der Waals surface area contributed by atoms with Crippen LogP contribution in [-0.2, 0) is 19.4 Å². The molecular weight excluding hydrogens is 401 g/mol. The Labute approximate surface area is 191 Å². The van der Waals surface area contributed by atoms with Gasteiger partial charge in [-0.1, -0.05) is 81.4 Å². The van der Waals surface area contributed by atoms with Crippen LogP contribution in [0.25, 0.3) is 11.5 Å². The van der Waals surface area contributed by atoms with E-state index in [9.17, 15) is 4.39 Å². The van der Waals surface area contributed by atoms with Crippen LogP contribution >= 0.6 is 0 Å². The average Bonchev–Trinajstić information content (AvgIpc) is 3.29. The first-order valence-electron chi connectivity index (χ1n) is 12.1. The van der Waals surface area contributed by atoms with Crippen LogP contribution in [0.5, 0.6) is 0 Å². The summed E-state index contributed by atoms with van der Waals surface area (Å²) >= 11 is 0. The van der Waals surface area contributed by atoms with E-state index in [4.69, 9.17) is 4.52 Å². The van der Waals surface area contributed by atoms with Crippen LogP contribution in [0.4, 0.5) is 4.39 Å². The van der Waals surface area contributed by atoms with E-state index in [0.29, 0.717) is 12.3 Å². The number of rotatable bonds is 14. The van der Waals surface area contributed by atoms with Gasteiger partial charge in [0.2, 0.25) is 0 Å². The molecule has 0 N–H and O–H groups in total. The summed E-state index contributed by atoms with van der Waals surface area (Å²) in [6.45, 7) is 6.95. The van der Waals surface area contributed by atoms with Crippen molar-refractivity contribution in [2.45, 2.75) is 71.8 Å². The molecule has 4 nitrogen and oxygen atoms in total. The van der Waals surface area contributed by atoms with Gasteiger partial charge in [0.25, 0.3) is 5.89 Å². The number of halogens is 1. The summed E-state index contributed by atoms with van der Waals surface area (Å²) in [5.74, 6) is 1.26. The molecular formula is C27H36FN3O. The molecule has 0 aliphatic carbocycles. The molecule has 5 heteroatoms. The molecule has 32 heavy (non-hydrogen) atoms. The summed E-state index contributed by atoms with van der Waals surface area (Å²) < 4.78 is 19.4. The largest absolute Gasteiger partial charge is 0.334 e. The zero-order valence-electron chi connectivity index (χ0n) is 19.5. The van der Waals surface area contributed by atoms with Gasteiger partial charge in [-0.05, 0) is 48.7 Å². The zero-order valence-corrected chi connectivity index (χ0v) is 19.5. The molecule has 0 saturated carbocycles. The summed E-state index contributed by atoms with van der Waals surface area (Å²) in [6, 6.07) is 15.3. The normalized spacial score (nSPS) is 11.4. The van der Waals surface area contributed by atoms with Crippen molar-refractivity contribution in [2.24, 2.45) is 0 Å². The Morgan fingerprint density at radius 1 is 0.875 bits per heavy atom. The molecule has 0 unspecified atom stereocenters. The highest BCUT2D eigenvalue weighted by Crippen LogP contribution is 2.19. The lowest BCUT2D eigenvalue weighted by molar-refractivity contribution is 0.282. The molecule has 0 aliphatic rings. The maximum absolute atomic E-state index is 13.9. The highest BCUT2D eigenvalue weighted by molar-refractivity contribution is 5.53. The second kappa shape index (κ2) is 13.1. The van der Waals surface area contributed by atoms with Gasteiger partial charge in [-0.3, -0.25) is 4.90 Å². The number of aryl methyl sites for hydroxylation is 1. The number of benzene rings is 2. The molecule has 0 fully saturated rings. The fourth-order valence-electron chi connectivity index (χ4n) is 3.88. The van der Waals surface area contributed by atoms with Gasteiger partial charge in [0.05, 0.1) is 0 Å². The third-order valence-electron chi connectivity index (χ3n) is 5.93. The molecule has 0 aliphatic heterocycles. The van der Waals surface area contributed by atoms with Crippen LogP contribution in [0, 0.1) is 5.82 Å². The maximum Gasteiger partial charge on any atom is 0.257 e. The van der Waals surface area contributed by atoms with Crippen molar-refractivity contribution in [3.63, 3.8) is 0 Å². The van der Waals surface area contributed by atoms with E-state index in [1.54, 1.807) is 6.07 Å². The van der Waals surface area contributed by atoms with Crippen molar-refractivity contribution >= 4 is 0 Å². The summed E-state index contributed by atoms with van der Waals surface area (Å²) in [7, 11) is 0. The minimum Gasteiger partial charge on any atom is -0.334 e. The number of hydrogen-bond acceptors (Lipinski definition) is 4. The van der Waals surface area contributed by atoms with Gasteiger partial charge < -0.3 is 4.52 Å². The van der Waals surface area contributed by atoms with E-state index in [-0.39, 0.29) is 5.82 Å². The van der Waals surface area contributed by atoms with Gasteiger partial charge in [0, 0.05) is 25.1 Å². The predicted octanol–water partition coefficient (Wildman–Crippen LogP) is 6.84. The molecule has 0 spiro atoms. The summed E-state index contributed by atoms with van der Waals surface area (Å²) in [5.41, 5.74) is 2.94. The Hall–Kier alpha value is -2.53. The van der Waals surface area contributed by atoms with Crippen LogP contribution in [0.2, 0.25) is 0 Å². The van der Waals surface area contributed by atoms with E-state index >= 15 is 0 Å². The predicted molar refractivity (Wildman–Crippen MR) is 128 cm³/mol. The molecule has 3 aromatic rings. The van der Waals surface area contributed by atoms with Crippen molar-refractivity contribution in [1.82, 2.24) is 15.0 Å². The quantitative estimate of drug-likeness (QED) is 0.259. The zero-order chi connectivity index (χ0) is 22.6. The Kier molecular flexibility index (Phi) is 9.89. The van der Waals surface area contributed by atoms with Gasteiger partial charge in [0.1, 0.15) is 5.82 Å². The molecule has 3 rings (SSSR count). The lowest BCUT2D eigenvalue weighted by atomic mass is 10.1. The third-order valence-corrected chi connectivity index (χ3v) is 5.93. The monoisotopic (exact) mass is 437 g/mol. The van der Waals surface area contributed by atoms with Crippen LogP contribution in [-0.4, -0.2) is 28.1 Å². The van der Waals surface area contributed by atoms with Gasteiger partial charge >= 0.3 is 0 Å². The van der Waals surface area contributed by atoms with E-state index in [1.165, 1.54) is 43.7 Å². The number of unbranched alkanes of at least 4 members (excludes halogenated alkanes) is 5. The van der Waals surface area contributed by atoms with E-state index in [1.807, 2.05) is 24.3 Å². The Balaban J connectivity index is 1.48. The first-order valence-corrected chi connectivity index (χ1v) is 12.1. The highest BCUT2D eigenvalue weighted by atomic mass is 19.1. The fraction of sp³-hybridized carbons (Fsp3) is 0.481. The van der Waals surface area contributed by atoms with Crippen molar-refractivity contribution in [3.8, 4) is 11.5 Å². The molecule has 1 heterocycles. The maximum atomic E-state index is 13.9. The minimum absolute atomic E-state index is 0.122. The van der Waals surface area contributed by atoms with Crippen LogP contribution in [0.3, 0.4) is 0 Å². The van der Waals surface area contributed by atoms with Crippen molar-refractivity contribution in [2.75, 3.05) is 13.1 Å². The SMILES string of the molecule is CCCCCCCCc1noc(-c2ccc(CN(CC)CCc3ccccc3F)cc2)n1. The third kappa shape index (κ3) is 7.56. The molecule has 172 valence electrons. The molecule has 0 bridgehead atoms. The van der Waals surface area contributed by atoms with Crippen LogP contribution in [0.1, 0.15) is 69.3 Å². The molecule has 0 atom stereocenters. The topological polar surface area (TPSA) is 42.2 Å². The Morgan fingerprint density at radius 3 is 2.38 bits per heavy atom. The van der Waals surface area contributed by atoms with E-state index < -0.39 is 0 Å². The minimum atomic E-state index is -0.122. The van der Waals surface area contributed by atoms with Crippen molar-refractivity contribution in [1.29, 1.82) is 0 Å². The summed E-state index contributed by atoms with van der Waals surface area (Å²) in [5, 5.41) is 4.15. The molecule has 0 saturated heterocycles. The average molecular weight is 438 g/mol. The van der Waals surface area contributed by atoms with Gasteiger partial charge in [-0.25, -0.2) is 4.39 Å². The number of likely N-dealkylation sites (N-methyl/N-ethyl adjacent to an activating group) is 1. The van der Waals surface area contributed by atoms with E-state index in [0.717, 1.165) is 49.4 Å². The molecule has 2 aromatic carbocycles. The first kappa shape index (κ1) is 24.1. The summed E-state index contributed by atoms with van der Waals surface area (Å²) in [6.07, 6.45) is 9.13. The Bertz CT molecular complexity index is 923.